The molecule has 0 aliphatic carbocycles. The normalized spacial score (nSPS) is 10.9. The molecule has 0 atom stereocenters. The lowest BCUT2D eigenvalue weighted by atomic mass is 10.2. The van der Waals surface area contributed by atoms with Gasteiger partial charge in [0.2, 0.25) is 11.7 Å². The summed E-state index contributed by atoms with van der Waals surface area (Å²) in [5, 5.41) is 3.23. The lowest BCUT2D eigenvalue weighted by Crippen LogP contribution is -2.19. The number of methoxy groups -OCH3 is 1. The molecule has 3 aromatic rings. The quantitative estimate of drug-likeness (QED) is 0.574. The second-order valence-electron chi connectivity index (χ2n) is 7.08. The molecule has 0 saturated carbocycles. The van der Waals surface area contributed by atoms with E-state index < -0.39 is 11.4 Å². The van der Waals surface area contributed by atoms with Crippen molar-refractivity contribution in [2.24, 2.45) is 0 Å². The molecule has 0 fully saturated rings. The SMILES string of the molecule is COc1cn(Cc2ccc(F)c(Cl)c2)c(Nc2cc(OC(C)C)ccc2C)nc1=O. The molecule has 1 aromatic heterocycles. The van der Waals surface area contributed by atoms with Gasteiger partial charge in [-0.05, 0) is 50.1 Å². The van der Waals surface area contributed by atoms with E-state index in [4.69, 9.17) is 21.1 Å². The molecule has 0 aliphatic rings. The molecule has 158 valence electrons. The first kappa shape index (κ1) is 21.6. The third kappa shape index (κ3) is 5.10. The van der Waals surface area contributed by atoms with E-state index in [1.165, 1.54) is 19.2 Å². The van der Waals surface area contributed by atoms with Gasteiger partial charge < -0.3 is 19.4 Å². The van der Waals surface area contributed by atoms with Crippen LogP contribution in [0.1, 0.15) is 25.0 Å². The molecule has 0 amide bonds. The smallest absolute Gasteiger partial charge is 0.316 e. The maximum absolute atomic E-state index is 13.5. The number of anilines is 2. The van der Waals surface area contributed by atoms with E-state index in [9.17, 15) is 9.18 Å². The Morgan fingerprint density at radius 3 is 2.67 bits per heavy atom. The molecule has 8 heteroatoms. The minimum Gasteiger partial charge on any atom is -0.491 e. The van der Waals surface area contributed by atoms with Gasteiger partial charge in [-0.2, -0.15) is 4.98 Å². The number of rotatable bonds is 7. The average molecular weight is 432 g/mol. The maximum atomic E-state index is 13.5. The number of hydrogen-bond donors (Lipinski definition) is 1. The first-order valence-corrected chi connectivity index (χ1v) is 9.78. The van der Waals surface area contributed by atoms with Crippen LogP contribution in [0.25, 0.3) is 0 Å². The molecule has 30 heavy (non-hydrogen) atoms. The van der Waals surface area contributed by atoms with Crippen molar-refractivity contribution in [2.45, 2.75) is 33.4 Å². The van der Waals surface area contributed by atoms with Crippen LogP contribution in [0.15, 0.2) is 47.4 Å². The number of hydrogen-bond acceptors (Lipinski definition) is 5. The van der Waals surface area contributed by atoms with E-state index in [2.05, 4.69) is 10.3 Å². The lowest BCUT2D eigenvalue weighted by molar-refractivity contribution is 0.242. The van der Waals surface area contributed by atoms with Gasteiger partial charge in [0.25, 0.3) is 0 Å². The second kappa shape index (κ2) is 9.17. The fourth-order valence-electron chi connectivity index (χ4n) is 2.87. The van der Waals surface area contributed by atoms with Crippen LogP contribution >= 0.6 is 11.6 Å². The van der Waals surface area contributed by atoms with Gasteiger partial charge in [0.1, 0.15) is 11.6 Å². The summed E-state index contributed by atoms with van der Waals surface area (Å²) in [6.45, 7) is 6.13. The van der Waals surface area contributed by atoms with Crippen LogP contribution in [0.5, 0.6) is 11.5 Å². The minimum absolute atomic E-state index is 0.0253. The monoisotopic (exact) mass is 431 g/mol. The average Bonchev–Trinajstić information content (AvgIpc) is 2.68. The zero-order valence-electron chi connectivity index (χ0n) is 17.2. The van der Waals surface area contributed by atoms with Crippen molar-refractivity contribution < 1.29 is 13.9 Å². The van der Waals surface area contributed by atoms with Crippen LogP contribution in [0.4, 0.5) is 16.0 Å². The number of aryl methyl sites for hydroxylation is 1. The molecule has 0 saturated heterocycles. The van der Waals surface area contributed by atoms with E-state index >= 15 is 0 Å². The lowest BCUT2D eigenvalue weighted by Gasteiger charge is -2.18. The van der Waals surface area contributed by atoms with E-state index in [0.717, 1.165) is 16.8 Å². The molecule has 1 heterocycles. The summed E-state index contributed by atoms with van der Waals surface area (Å²) in [6, 6.07) is 10.1. The van der Waals surface area contributed by atoms with Crippen molar-refractivity contribution in [3.63, 3.8) is 0 Å². The molecule has 0 radical (unpaired) electrons. The van der Waals surface area contributed by atoms with Crippen molar-refractivity contribution in [2.75, 3.05) is 12.4 Å². The summed E-state index contributed by atoms with van der Waals surface area (Å²) in [4.78, 5) is 16.4. The van der Waals surface area contributed by atoms with Crippen LogP contribution in [0.2, 0.25) is 5.02 Å². The zero-order valence-corrected chi connectivity index (χ0v) is 18.0. The summed E-state index contributed by atoms with van der Waals surface area (Å²) >= 11 is 5.91. The highest BCUT2D eigenvalue weighted by Gasteiger charge is 2.13. The highest BCUT2D eigenvalue weighted by Crippen LogP contribution is 2.26. The highest BCUT2D eigenvalue weighted by atomic mass is 35.5. The first-order chi connectivity index (χ1) is 14.3. The fraction of sp³-hybridized carbons (Fsp3) is 0.273. The number of ether oxygens (including phenoxy) is 2. The Morgan fingerprint density at radius 1 is 1.23 bits per heavy atom. The fourth-order valence-corrected chi connectivity index (χ4v) is 3.07. The molecular formula is C22H23ClFN3O3. The topological polar surface area (TPSA) is 65.4 Å². The van der Waals surface area contributed by atoms with Crippen molar-refractivity contribution >= 4 is 23.2 Å². The molecule has 1 N–H and O–H groups in total. The summed E-state index contributed by atoms with van der Waals surface area (Å²) in [5.74, 6) is 0.617. The third-order valence-electron chi connectivity index (χ3n) is 4.35. The zero-order chi connectivity index (χ0) is 21.8. The van der Waals surface area contributed by atoms with E-state index in [1.807, 2.05) is 39.0 Å². The van der Waals surface area contributed by atoms with Crippen LogP contribution in [0.3, 0.4) is 0 Å². The molecule has 0 aliphatic heterocycles. The number of nitrogens with one attached hydrogen (secondary N) is 1. The highest BCUT2D eigenvalue weighted by molar-refractivity contribution is 6.30. The number of halogens is 2. The second-order valence-corrected chi connectivity index (χ2v) is 7.49. The Morgan fingerprint density at radius 2 is 2.00 bits per heavy atom. The number of benzene rings is 2. The Bertz CT molecular complexity index is 1120. The van der Waals surface area contributed by atoms with Gasteiger partial charge in [-0.15, -0.1) is 0 Å². The van der Waals surface area contributed by atoms with Gasteiger partial charge in [0, 0.05) is 11.8 Å². The van der Waals surface area contributed by atoms with E-state index in [0.29, 0.717) is 18.2 Å². The van der Waals surface area contributed by atoms with Crippen molar-refractivity contribution in [3.8, 4) is 11.5 Å². The molecule has 3 rings (SSSR count). The predicted molar refractivity (Wildman–Crippen MR) is 116 cm³/mol. The van der Waals surface area contributed by atoms with E-state index in [-0.39, 0.29) is 16.9 Å². The first-order valence-electron chi connectivity index (χ1n) is 9.40. The molecule has 0 unspecified atom stereocenters. The standard InChI is InChI=1S/C22H23ClFN3O3/c1-13(2)30-16-7-5-14(3)19(10-16)25-22-26-21(28)20(29-4)12-27(22)11-15-6-8-18(24)17(23)9-15/h5-10,12-13H,11H2,1-4H3,(H,25,26,28). The van der Waals surface area contributed by atoms with Crippen LogP contribution in [-0.4, -0.2) is 22.8 Å². The minimum atomic E-state index is -0.499. The van der Waals surface area contributed by atoms with Crippen molar-refractivity contribution in [1.29, 1.82) is 0 Å². The summed E-state index contributed by atoms with van der Waals surface area (Å²) in [6.07, 6.45) is 1.58. The molecule has 0 spiro atoms. The van der Waals surface area contributed by atoms with Gasteiger partial charge >= 0.3 is 5.56 Å². The molecule has 6 nitrogen and oxygen atoms in total. The molecular weight excluding hydrogens is 409 g/mol. The van der Waals surface area contributed by atoms with Crippen LogP contribution < -0.4 is 20.3 Å². The number of nitrogens with zero attached hydrogens (tertiary/aromatic N) is 2. The van der Waals surface area contributed by atoms with Gasteiger partial charge in [-0.3, -0.25) is 4.79 Å². The van der Waals surface area contributed by atoms with Crippen molar-refractivity contribution in [3.05, 3.63) is 74.9 Å². The summed E-state index contributed by atoms with van der Waals surface area (Å²) in [7, 11) is 1.40. The Balaban J connectivity index is 2.00. The van der Waals surface area contributed by atoms with Crippen molar-refractivity contribution in [1.82, 2.24) is 9.55 Å². The predicted octanol–water partition coefficient (Wildman–Crippen LogP) is 4.93. The van der Waals surface area contributed by atoms with Gasteiger partial charge in [0.05, 0.1) is 31.0 Å². The van der Waals surface area contributed by atoms with Crippen LogP contribution in [0, 0.1) is 12.7 Å². The third-order valence-corrected chi connectivity index (χ3v) is 4.64. The Kier molecular flexibility index (Phi) is 6.62. The van der Waals surface area contributed by atoms with Gasteiger partial charge in [-0.25, -0.2) is 4.39 Å². The number of aromatic nitrogens is 2. The summed E-state index contributed by atoms with van der Waals surface area (Å²) < 4.78 is 26.1. The largest absolute Gasteiger partial charge is 0.491 e. The maximum Gasteiger partial charge on any atom is 0.316 e. The van der Waals surface area contributed by atoms with Gasteiger partial charge in [0.15, 0.2) is 0 Å². The summed E-state index contributed by atoms with van der Waals surface area (Å²) in [5.41, 5.74) is 1.94. The molecule has 0 bridgehead atoms. The Labute approximate surface area is 179 Å². The van der Waals surface area contributed by atoms with Crippen LogP contribution in [-0.2, 0) is 6.54 Å². The Hall–Kier alpha value is -3.06. The van der Waals surface area contributed by atoms with Gasteiger partial charge in [-0.1, -0.05) is 23.7 Å². The molecule has 2 aromatic carbocycles. The van der Waals surface area contributed by atoms with E-state index in [1.54, 1.807) is 16.8 Å².